The van der Waals surface area contributed by atoms with Gasteiger partial charge in [0.2, 0.25) is 0 Å². The third-order valence-electron chi connectivity index (χ3n) is 1.45. The van der Waals surface area contributed by atoms with Gasteiger partial charge in [0, 0.05) is 0 Å². The van der Waals surface area contributed by atoms with Crippen molar-refractivity contribution in [3.63, 3.8) is 0 Å². The first kappa shape index (κ1) is 11.0. The van der Waals surface area contributed by atoms with Crippen molar-refractivity contribution in [1.82, 2.24) is 0 Å². The summed E-state index contributed by atoms with van der Waals surface area (Å²) in [5.41, 5.74) is 1.08. The molecule has 0 saturated heterocycles. The predicted octanol–water partition coefficient (Wildman–Crippen LogP) is 3.31. The fourth-order valence-electron chi connectivity index (χ4n) is 0.986. The Kier molecular flexibility index (Phi) is 5.18. The summed E-state index contributed by atoms with van der Waals surface area (Å²) in [6.07, 6.45) is 4.61. The number of rotatable bonds is 5. The number of hydrogen-bond donors (Lipinski definition) is 0. The van der Waals surface area contributed by atoms with Gasteiger partial charge in [-0.2, -0.15) is 0 Å². The normalized spacial score (nSPS) is 11.5. The van der Waals surface area contributed by atoms with Crippen molar-refractivity contribution in [1.29, 1.82) is 0 Å². The molecule has 12 heavy (non-hydrogen) atoms. The molecule has 0 aliphatic rings. The zero-order valence-corrected chi connectivity index (χ0v) is 8.26. The standard InChI is InChI=1S/C11H18O/c1-6-11(12-5)8-10(4)7-9(2)3/h6,8-9H,1,4,7H2,2-3,5H3/b11-8+. The van der Waals surface area contributed by atoms with Crippen molar-refractivity contribution in [2.24, 2.45) is 5.92 Å². The van der Waals surface area contributed by atoms with Gasteiger partial charge in [0.25, 0.3) is 0 Å². The van der Waals surface area contributed by atoms with E-state index in [9.17, 15) is 0 Å². The lowest BCUT2D eigenvalue weighted by Gasteiger charge is -2.05. The molecule has 0 saturated carbocycles. The molecule has 1 heteroatoms. The summed E-state index contributed by atoms with van der Waals surface area (Å²) < 4.78 is 5.03. The van der Waals surface area contributed by atoms with Gasteiger partial charge in [-0.15, -0.1) is 0 Å². The molecule has 0 heterocycles. The van der Waals surface area contributed by atoms with Crippen LogP contribution in [0.25, 0.3) is 0 Å². The first-order valence-corrected chi connectivity index (χ1v) is 4.16. The van der Waals surface area contributed by atoms with E-state index in [2.05, 4.69) is 27.0 Å². The Morgan fingerprint density at radius 3 is 2.42 bits per heavy atom. The van der Waals surface area contributed by atoms with Gasteiger partial charge in [-0.3, -0.25) is 0 Å². The highest BCUT2D eigenvalue weighted by Crippen LogP contribution is 2.12. The first-order valence-electron chi connectivity index (χ1n) is 4.16. The van der Waals surface area contributed by atoms with Crippen LogP contribution in [0.1, 0.15) is 20.3 Å². The third kappa shape index (κ3) is 4.78. The van der Waals surface area contributed by atoms with Crippen LogP contribution < -0.4 is 0 Å². The summed E-state index contributed by atoms with van der Waals surface area (Å²) in [5.74, 6) is 1.41. The molecule has 0 unspecified atom stereocenters. The average Bonchev–Trinajstić information content (AvgIpc) is 1.98. The summed E-state index contributed by atoms with van der Waals surface area (Å²) in [6.45, 7) is 11.9. The Hall–Kier alpha value is -0.980. The molecule has 0 fully saturated rings. The minimum Gasteiger partial charge on any atom is -0.497 e. The van der Waals surface area contributed by atoms with Crippen LogP contribution >= 0.6 is 0 Å². The highest BCUT2D eigenvalue weighted by molar-refractivity contribution is 5.23. The Morgan fingerprint density at radius 1 is 1.50 bits per heavy atom. The molecule has 0 aliphatic carbocycles. The second-order valence-corrected chi connectivity index (χ2v) is 3.21. The monoisotopic (exact) mass is 166 g/mol. The van der Waals surface area contributed by atoms with E-state index in [1.54, 1.807) is 13.2 Å². The molecule has 1 nitrogen and oxygen atoms in total. The van der Waals surface area contributed by atoms with Gasteiger partial charge in [-0.1, -0.05) is 32.6 Å². The fraction of sp³-hybridized carbons (Fsp3) is 0.455. The molecule has 0 radical (unpaired) electrons. The second kappa shape index (κ2) is 5.64. The van der Waals surface area contributed by atoms with E-state index in [-0.39, 0.29) is 0 Å². The zero-order valence-electron chi connectivity index (χ0n) is 8.26. The van der Waals surface area contributed by atoms with Gasteiger partial charge in [-0.05, 0) is 24.5 Å². The van der Waals surface area contributed by atoms with Crippen LogP contribution in [-0.2, 0) is 4.74 Å². The van der Waals surface area contributed by atoms with E-state index in [0.717, 1.165) is 17.8 Å². The topological polar surface area (TPSA) is 9.23 Å². The summed E-state index contributed by atoms with van der Waals surface area (Å²) in [4.78, 5) is 0. The van der Waals surface area contributed by atoms with E-state index in [0.29, 0.717) is 5.92 Å². The van der Waals surface area contributed by atoms with Gasteiger partial charge >= 0.3 is 0 Å². The van der Waals surface area contributed by atoms with E-state index < -0.39 is 0 Å². The Bertz CT molecular complexity index is 187. The summed E-state index contributed by atoms with van der Waals surface area (Å²) in [6, 6.07) is 0. The van der Waals surface area contributed by atoms with Gasteiger partial charge in [0.1, 0.15) is 5.76 Å². The van der Waals surface area contributed by atoms with Crippen LogP contribution in [0.3, 0.4) is 0 Å². The van der Waals surface area contributed by atoms with Gasteiger partial charge in [0.15, 0.2) is 0 Å². The largest absolute Gasteiger partial charge is 0.497 e. The predicted molar refractivity (Wildman–Crippen MR) is 53.9 cm³/mol. The molecule has 68 valence electrons. The molecule has 0 aliphatic heterocycles. The van der Waals surface area contributed by atoms with Crippen molar-refractivity contribution in [2.75, 3.05) is 7.11 Å². The van der Waals surface area contributed by atoms with Crippen LogP contribution in [0.5, 0.6) is 0 Å². The zero-order chi connectivity index (χ0) is 9.56. The maximum Gasteiger partial charge on any atom is 0.118 e. The third-order valence-corrected chi connectivity index (χ3v) is 1.45. The Balaban J connectivity index is 4.11. The smallest absolute Gasteiger partial charge is 0.118 e. The highest BCUT2D eigenvalue weighted by Gasteiger charge is 1.97. The molecule has 0 aromatic carbocycles. The molecule has 0 N–H and O–H groups in total. The molecule has 0 rings (SSSR count). The molecule has 0 spiro atoms. The van der Waals surface area contributed by atoms with E-state index >= 15 is 0 Å². The Morgan fingerprint density at radius 2 is 2.08 bits per heavy atom. The van der Waals surface area contributed by atoms with Crippen LogP contribution in [0.2, 0.25) is 0 Å². The lowest BCUT2D eigenvalue weighted by atomic mass is 10.0. The van der Waals surface area contributed by atoms with Crippen LogP contribution in [0.15, 0.2) is 36.6 Å². The molecule has 0 atom stereocenters. The minimum absolute atomic E-state index is 0.636. The van der Waals surface area contributed by atoms with Gasteiger partial charge in [0.05, 0.1) is 7.11 Å². The van der Waals surface area contributed by atoms with Crippen molar-refractivity contribution < 1.29 is 4.74 Å². The van der Waals surface area contributed by atoms with Gasteiger partial charge in [-0.25, -0.2) is 0 Å². The van der Waals surface area contributed by atoms with Crippen LogP contribution in [0.4, 0.5) is 0 Å². The highest BCUT2D eigenvalue weighted by atomic mass is 16.5. The molecule has 0 aromatic heterocycles. The van der Waals surface area contributed by atoms with Crippen molar-refractivity contribution in [3.05, 3.63) is 36.6 Å². The number of allylic oxidation sites excluding steroid dienone is 3. The van der Waals surface area contributed by atoms with Crippen molar-refractivity contribution in [2.45, 2.75) is 20.3 Å². The summed E-state index contributed by atoms with van der Waals surface area (Å²) in [5, 5.41) is 0. The summed E-state index contributed by atoms with van der Waals surface area (Å²) in [7, 11) is 1.64. The minimum atomic E-state index is 0.636. The average molecular weight is 166 g/mol. The summed E-state index contributed by atoms with van der Waals surface area (Å²) >= 11 is 0. The SMILES string of the molecule is C=C/C(=C\C(=C)CC(C)C)OC. The Labute approximate surface area is 75.4 Å². The second-order valence-electron chi connectivity index (χ2n) is 3.21. The maximum absolute atomic E-state index is 5.03. The van der Waals surface area contributed by atoms with Crippen molar-refractivity contribution >= 4 is 0 Å². The lowest BCUT2D eigenvalue weighted by molar-refractivity contribution is 0.306. The molecular formula is C11H18O. The molecule has 0 amide bonds. The van der Waals surface area contributed by atoms with Gasteiger partial charge < -0.3 is 4.74 Å². The van der Waals surface area contributed by atoms with E-state index in [4.69, 9.17) is 4.74 Å². The number of hydrogen-bond acceptors (Lipinski definition) is 1. The van der Waals surface area contributed by atoms with E-state index in [1.165, 1.54) is 0 Å². The van der Waals surface area contributed by atoms with E-state index in [1.807, 2.05) is 6.08 Å². The first-order chi connectivity index (χ1) is 5.60. The molecule has 0 bridgehead atoms. The quantitative estimate of drug-likeness (QED) is 0.450. The van der Waals surface area contributed by atoms with Crippen LogP contribution in [-0.4, -0.2) is 7.11 Å². The van der Waals surface area contributed by atoms with Crippen molar-refractivity contribution in [3.8, 4) is 0 Å². The fourth-order valence-corrected chi connectivity index (χ4v) is 0.986. The molecular weight excluding hydrogens is 148 g/mol. The van der Waals surface area contributed by atoms with Crippen LogP contribution in [0, 0.1) is 5.92 Å². The maximum atomic E-state index is 5.03. The molecule has 0 aromatic rings. The number of ether oxygens (including phenoxy) is 1. The lowest BCUT2D eigenvalue weighted by Crippen LogP contribution is -1.90. The number of methoxy groups -OCH3 is 1.